The Morgan fingerprint density at radius 3 is 2.64 bits per heavy atom. The van der Waals surface area contributed by atoms with Crippen molar-refractivity contribution in [3.8, 4) is 5.75 Å². The number of phenols is 1. The summed E-state index contributed by atoms with van der Waals surface area (Å²) in [6, 6.07) is 17.0. The predicted molar refractivity (Wildman–Crippen MR) is 112 cm³/mol. The van der Waals surface area contributed by atoms with Crippen molar-refractivity contribution in [2.45, 2.75) is 0 Å². The molecule has 0 aliphatic rings. The monoisotopic (exact) mass is 393 g/mol. The van der Waals surface area contributed by atoms with E-state index in [0.29, 0.717) is 0 Å². The molecule has 3 rings (SSSR count). The number of anilines is 1. The molecule has 0 heterocycles. The Hall–Kier alpha value is -3.78. The lowest BCUT2D eigenvalue weighted by Crippen LogP contribution is -2.32. The zero-order chi connectivity index (χ0) is 20.1. The van der Waals surface area contributed by atoms with E-state index in [0.717, 1.165) is 28.5 Å². The molecule has 0 bridgehead atoms. The molecule has 3 N–H and O–H groups in total. The van der Waals surface area contributed by atoms with E-state index in [1.807, 2.05) is 42.5 Å². The molecule has 0 fully saturated rings. The minimum atomic E-state index is -0.598. The maximum atomic E-state index is 12.1. The van der Waals surface area contributed by atoms with Gasteiger partial charge < -0.3 is 10.4 Å². The second-order valence-electron chi connectivity index (χ2n) is 5.80. The number of phenolic OH excluding ortho intramolecular Hbond substituents is 1. The van der Waals surface area contributed by atoms with E-state index in [2.05, 4.69) is 10.6 Å². The fourth-order valence-electron chi connectivity index (χ4n) is 2.61. The molecule has 0 saturated carbocycles. The van der Waals surface area contributed by atoms with E-state index in [-0.39, 0.29) is 22.2 Å². The van der Waals surface area contributed by atoms with Gasteiger partial charge in [0, 0.05) is 18.2 Å². The topological polar surface area (TPSA) is 104 Å². The van der Waals surface area contributed by atoms with Crippen LogP contribution in [0.4, 0.5) is 11.4 Å². The molecule has 0 atom stereocenters. The third kappa shape index (κ3) is 4.49. The number of aromatic hydroxyl groups is 1. The molecule has 3 aromatic rings. The van der Waals surface area contributed by atoms with Gasteiger partial charge in [0.25, 0.3) is 5.69 Å². The van der Waals surface area contributed by atoms with Gasteiger partial charge in [-0.1, -0.05) is 42.5 Å². The van der Waals surface area contributed by atoms with Gasteiger partial charge in [-0.2, -0.15) is 0 Å². The van der Waals surface area contributed by atoms with Gasteiger partial charge in [-0.3, -0.25) is 20.2 Å². The number of benzene rings is 3. The zero-order valence-corrected chi connectivity index (χ0v) is 15.3. The predicted octanol–water partition coefficient (Wildman–Crippen LogP) is 3.98. The third-order valence-electron chi connectivity index (χ3n) is 3.91. The molecule has 3 aromatic carbocycles. The van der Waals surface area contributed by atoms with Crippen molar-refractivity contribution < 1.29 is 14.8 Å². The summed E-state index contributed by atoms with van der Waals surface area (Å²) in [5, 5.41) is 27.6. The summed E-state index contributed by atoms with van der Waals surface area (Å²) in [7, 11) is 0. The lowest BCUT2D eigenvalue weighted by molar-refractivity contribution is -0.384. The molecule has 0 saturated heterocycles. The number of nitrogens with zero attached hydrogens (tertiary/aromatic N) is 1. The Kier molecular flexibility index (Phi) is 5.61. The summed E-state index contributed by atoms with van der Waals surface area (Å²) in [5.74, 6) is -0.705. The highest BCUT2D eigenvalue weighted by Crippen LogP contribution is 2.27. The molecule has 0 unspecified atom stereocenters. The van der Waals surface area contributed by atoms with Crippen molar-refractivity contribution in [2.24, 2.45) is 0 Å². The van der Waals surface area contributed by atoms with Crippen LogP contribution in [0.1, 0.15) is 5.56 Å². The number of nitro benzene ring substituents is 1. The van der Waals surface area contributed by atoms with E-state index in [4.69, 9.17) is 12.2 Å². The van der Waals surface area contributed by atoms with Crippen molar-refractivity contribution in [1.82, 2.24) is 5.32 Å². The van der Waals surface area contributed by atoms with Crippen LogP contribution in [-0.2, 0) is 4.79 Å². The van der Waals surface area contributed by atoms with Crippen LogP contribution in [0.25, 0.3) is 16.8 Å². The number of non-ortho nitro benzene ring substituents is 1. The van der Waals surface area contributed by atoms with Gasteiger partial charge in [-0.05, 0) is 40.7 Å². The smallest absolute Gasteiger partial charge is 0.271 e. The van der Waals surface area contributed by atoms with Crippen LogP contribution < -0.4 is 10.6 Å². The summed E-state index contributed by atoms with van der Waals surface area (Å²) in [6.07, 6.45) is 3.01. The number of carbonyl (C=O) groups is 1. The molecule has 0 aliphatic heterocycles. The summed E-state index contributed by atoms with van der Waals surface area (Å²) in [6.45, 7) is 0. The Balaban J connectivity index is 1.68. The Labute approximate surface area is 165 Å². The summed E-state index contributed by atoms with van der Waals surface area (Å²) in [5.41, 5.74) is 0.686. The van der Waals surface area contributed by atoms with Crippen molar-refractivity contribution in [2.75, 3.05) is 5.32 Å². The zero-order valence-electron chi connectivity index (χ0n) is 14.5. The first-order chi connectivity index (χ1) is 13.4. The van der Waals surface area contributed by atoms with Crippen LogP contribution in [0.2, 0.25) is 0 Å². The molecule has 0 radical (unpaired) electrons. The van der Waals surface area contributed by atoms with Crippen LogP contribution in [-0.4, -0.2) is 21.0 Å². The van der Waals surface area contributed by atoms with Gasteiger partial charge in [0.1, 0.15) is 5.75 Å². The van der Waals surface area contributed by atoms with Crippen LogP contribution in [0.15, 0.2) is 66.7 Å². The Morgan fingerprint density at radius 2 is 1.86 bits per heavy atom. The first-order valence-corrected chi connectivity index (χ1v) is 8.60. The third-order valence-corrected chi connectivity index (χ3v) is 4.12. The molecule has 28 heavy (non-hydrogen) atoms. The first kappa shape index (κ1) is 19.0. The number of nitrogens with one attached hydrogen (secondary N) is 2. The summed E-state index contributed by atoms with van der Waals surface area (Å²) < 4.78 is 0. The van der Waals surface area contributed by atoms with Crippen LogP contribution in [0.3, 0.4) is 0 Å². The average Bonchev–Trinajstić information content (AvgIpc) is 2.67. The molecule has 0 aliphatic carbocycles. The number of rotatable bonds is 4. The standard InChI is InChI=1S/C20H15N3O4S/c24-18-10-9-15(23(26)27)12-17(18)21-20(28)22-19(25)11-8-14-6-3-5-13-4-1-2-7-16(13)14/h1-12,24H,(H2,21,22,25,28)/b11-8+. The van der Waals surface area contributed by atoms with Crippen molar-refractivity contribution in [3.05, 3.63) is 82.4 Å². The fourth-order valence-corrected chi connectivity index (χ4v) is 2.82. The Morgan fingerprint density at radius 1 is 1.11 bits per heavy atom. The van der Waals surface area contributed by atoms with E-state index >= 15 is 0 Å². The normalized spacial score (nSPS) is 10.7. The summed E-state index contributed by atoms with van der Waals surface area (Å²) in [4.78, 5) is 22.3. The van der Waals surface area contributed by atoms with Crippen molar-refractivity contribution in [3.63, 3.8) is 0 Å². The van der Waals surface area contributed by atoms with Crippen LogP contribution in [0, 0.1) is 10.1 Å². The minimum Gasteiger partial charge on any atom is -0.506 e. The largest absolute Gasteiger partial charge is 0.506 e. The van der Waals surface area contributed by atoms with Gasteiger partial charge in [-0.15, -0.1) is 0 Å². The van der Waals surface area contributed by atoms with Crippen molar-refractivity contribution in [1.29, 1.82) is 0 Å². The molecule has 7 nitrogen and oxygen atoms in total. The number of thiocarbonyl (C=S) groups is 1. The number of amides is 1. The van der Waals surface area contributed by atoms with E-state index in [9.17, 15) is 20.0 Å². The molecule has 8 heteroatoms. The van der Waals surface area contributed by atoms with Gasteiger partial charge in [-0.25, -0.2) is 0 Å². The quantitative estimate of drug-likeness (QED) is 0.204. The SMILES string of the molecule is O=C(/C=C/c1cccc2ccccc12)NC(=S)Nc1cc([N+](=O)[O-])ccc1O. The van der Waals surface area contributed by atoms with E-state index in [1.54, 1.807) is 6.08 Å². The van der Waals surface area contributed by atoms with E-state index < -0.39 is 10.8 Å². The highest BCUT2D eigenvalue weighted by atomic mass is 32.1. The Bertz CT molecular complexity index is 1110. The van der Waals surface area contributed by atoms with Gasteiger partial charge in [0.15, 0.2) is 5.11 Å². The highest BCUT2D eigenvalue weighted by Gasteiger charge is 2.12. The van der Waals surface area contributed by atoms with Gasteiger partial charge in [0.05, 0.1) is 10.6 Å². The lowest BCUT2D eigenvalue weighted by Gasteiger charge is -2.09. The number of carbonyl (C=O) groups excluding carboxylic acids is 1. The number of fused-ring (bicyclic) bond motifs is 1. The molecular formula is C20H15N3O4S. The molecule has 0 spiro atoms. The summed E-state index contributed by atoms with van der Waals surface area (Å²) >= 11 is 5.03. The minimum absolute atomic E-state index is 0.0255. The maximum absolute atomic E-state index is 12.1. The average molecular weight is 393 g/mol. The second-order valence-corrected chi connectivity index (χ2v) is 6.21. The first-order valence-electron chi connectivity index (χ1n) is 8.19. The molecule has 140 valence electrons. The van der Waals surface area contributed by atoms with E-state index in [1.165, 1.54) is 12.1 Å². The molecular weight excluding hydrogens is 378 g/mol. The molecule has 1 amide bonds. The lowest BCUT2D eigenvalue weighted by atomic mass is 10.0. The number of nitro groups is 1. The second kappa shape index (κ2) is 8.28. The van der Waals surface area contributed by atoms with Crippen LogP contribution >= 0.6 is 12.2 Å². The van der Waals surface area contributed by atoms with Gasteiger partial charge in [0.2, 0.25) is 5.91 Å². The number of hydrogen-bond donors (Lipinski definition) is 3. The van der Waals surface area contributed by atoms with Crippen LogP contribution in [0.5, 0.6) is 5.75 Å². The molecule has 0 aromatic heterocycles. The highest BCUT2D eigenvalue weighted by molar-refractivity contribution is 7.80. The van der Waals surface area contributed by atoms with Crippen molar-refractivity contribution >= 4 is 51.5 Å². The van der Waals surface area contributed by atoms with Gasteiger partial charge >= 0.3 is 0 Å². The maximum Gasteiger partial charge on any atom is 0.271 e. The number of hydrogen-bond acceptors (Lipinski definition) is 5. The fraction of sp³-hybridized carbons (Fsp3) is 0.